The third-order valence-corrected chi connectivity index (χ3v) is 5.51. The molecule has 6 nitrogen and oxygen atoms in total. The Bertz CT molecular complexity index is 607. The van der Waals surface area contributed by atoms with Crippen LogP contribution >= 0.6 is 0 Å². The molecule has 2 N–H and O–H groups in total. The van der Waals surface area contributed by atoms with Gasteiger partial charge in [-0.15, -0.1) is 0 Å². The fraction of sp³-hybridized carbons (Fsp3) is 0.538. The predicted molar refractivity (Wildman–Crippen MR) is 73.5 cm³/mol. The van der Waals surface area contributed by atoms with Crippen LogP contribution in [0.1, 0.15) is 0 Å². The maximum Gasteiger partial charge on any atom is 0.240 e. The summed E-state index contributed by atoms with van der Waals surface area (Å²) in [5, 5.41) is 3.24. The lowest BCUT2D eigenvalue weighted by atomic mass is 10.3. The zero-order valence-electron chi connectivity index (χ0n) is 11.4. The van der Waals surface area contributed by atoms with Crippen molar-refractivity contribution in [2.24, 2.45) is 11.8 Å². The molecule has 1 aliphatic heterocycles. The van der Waals surface area contributed by atoms with E-state index in [2.05, 4.69) is 10.0 Å². The van der Waals surface area contributed by atoms with Gasteiger partial charge in [0.25, 0.3) is 0 Å². The van der Waals surface area contributed by atoms with Crippen LogP contribution in [0.3, 0.4) is 0 Å². The average molecular weight is 298 g/mol. The number of methoxy groups -OCH3 is 2. The fourth-order valence-electron chi connectivity index (χ4n) is 2.82. The van der Waals surface area contributed by atoms with Crippen molar-refractivity contribution in [3.05, 3.63) is 18.2 Å². The van der Waals surface area contributed by atoms with Gasteiger partial charge in [0.05, 0.1) is 19.1 Å². The molecular formula is C13H18N2O4S. The molecule has 20 heavy (non-hydrogen) atoms. The molecule has 2 fully saturated rings. The second-order valence-electron chi connectivity index (χ2n) is 5.15. The van der Waals surface area contributed by atoms with E-state index in [1.165, 1.54) is 26.4 Å². The van der Waals surface area contributed by atoms with Crippen LogP contribution in [0.2, 0.25) is 0 Å². The number of sulfonamides is 1. The molecule has 2 unspecified atom stereocenters. The fourth-order valence-corrected chi connectivity index (χ4v) is 4.18. The van der Waals surface area contributed by atoms with E-state index in [1.54, 1.807) is 6.07 Å². The molecule has 1 aromatic rings. The number of piperidine rings is 1. The first kappa shape index (κ1) is 13.7. The van der Waals surface area contributed by atoms with Crippen molar-refractivity contribution in [3.63, 3.8) is 0 Å². The number of rotatable bonds is 5. The molecule has 2 aliphatic rings. The van der Waals surface area contributed by atoms with E-state index in [9.17, 15) is 8.42 Å². The summed E-state index contributed by atoms with van der Waals surface area (Å²) in [6.07, 6.45) is 0. The minimum Gasteiger partial charge on any atom is -0.493 e. The van der Waals surface area contributed by atoms with E-state index in [-0.39, 0.29) is 10.9 Å². The van der Waals surface area contributed by atoms with Crippen LogP contribution in [0.15, 0.2) is 23.1 Å². The summed E-state index contributed by atoms with van der Waals surface area (Å²) in [5.74, 6) is 1.79. The average Bonchev–Trinajstić information content (AvgIpc) is 2.89. The summed E-state index contributed by atoms with van der Waals surface area (Å²) in [7, 11) is -0.509. The molecule has 0 bridgehead atoms. The molecule has 2 atom stereocenters. The molecule has 1 heterocycles. The summed E-state index contributed by atoms with van der Waals surface area (Å²) in [6, 6.07) is 4.68. The molecule has 1 aliphatic carbocycles. The number of nitrogens with one attached hydrogen (secondary N) is 2. The summed E-state index contributed by atoms with van der Waals surface area (Å²) < 4.78 is 37.7. The Balaban J connectivity index is 1.80. The van der Waals surface area contributed by atoms with Crippen LogP contribution in [0.4, 0.5) is 0 Å². The largest absolute Gasteiger partial charge is 0.493 e. The Kier molecular flexibility index (Phi) is 3.35. The number of hydrogen-bond donors (Lipinski definition) is 2. The summed E-state index contributed by atoms with van der Waals surface area (Å²) in [6.45, 7) is 1.79. The molecule has 7 heteroatoms. The van der Waals surface area contributed by atoms with Crippen LogP contribution in [0.25, 0.3) is 0 Å². The van der Waals surface area contributed by atoms with Crippen molar-refractivity contribution < 1.29 is 17.9 Å². The van der Waals surface area contributed by atoms with Gasteiger partial charge in [0.15, 0.2) is 11.5 Å². The van der Waals surface area contributed by atoms with Gasteiger partial charge in [-0.1, -0.05) is 0 Å². The number of ether oxygens (including phenoxy) is 2. The van der Waals surface area contributed by atoms with Gasteiger partial charge in [-0.3, -0.25) is 0 Å². The van der Waals surface area contributed by atoms with E-state index in [0.717, 1.165) is 13.1 Å². The maximum absolute atomic E-state index is 12.4. The monoisotopic (exact) mass is 298 g/mol. The molecule has 3 rings (SSSR count). The second-order valence-corrected chi connectivity index (χ2v) is 6.86. The summed E-state index contributed by atoms with van der Waals surface area (Å²) >= 11 is 0. The predicted octanol–water partition coefficient (Wildman–Crippen LogP) is 0.200. The molecule has 110 valence electrons. The second kappa shape index (κ2) is 4.91. The lowest BCUT2D eigenvalue weighted by Crippen LogP contribution is -2.32. The zero-order chi connectivity index (χ0) is 14.3. The van der Waals surface area contributed by atoms with Crippen molar-refractivity contribution in [3.8, 4) is 11.5 Å². The Morgan fingerprint density at radius 2 is 1.80 bits per heavy atom. The first-order valence-corrected chi connectivity index (χ1v) is 8.00. The van der Waals surface area contributed by atoms with Crippen molar-refractivity contribution in [1.29, 1.82) is 0 Å². The standard InChI is InChI=1S/C13H18N2O4S/c1-18-11-4-3-8(5-12(11)19-2)20(16,17)15-13-9-6-14-7-10(9)13/h3-5,9-10,13-15H,6-7H2,1-2H3. The van der Waals surface area contributed by atoms with Gasteiger partial charge in [0, 0.05) is 12.1 Å². The minimum atomic E-state index is -3.51. The van der Waals surface area contributed by atoms with E-state index in [4.69, 9.17) is 9.47 Å². The van der Waals surface area contributed by atoms with Gasteiger partial charge in [-0.05, 0) is 37.1 Å². The van der Waals surface area contributed by atoms with E-state index in [1.807, 2.05) is 0 Å². The summed E-state index contributed by atoms with van der Waals surface area (Å²) in [4.78, 5) is 0.202. The van der Waals surface area contributed by atoms with E-state index < -0.39 is 10.0 Å². The van der Waals surface area contributed by atoms with E-state index >= 15 is 0 Å². The molecule has 1 aromatic carbocycles. The first-order valence-electron chi connectivity index (χ1n) is 6.52. The van der Waals surface area contributed by atoms with Crippen molar-refractivity contribution in [2.45, 2.75) is 10.9 Å². The first-order chi connectivity index (χ1) is 9.56. The zero-order valence-corrected chi connectivity index (χ0v) is 12.2. The molecule has 0 aromatic heterocycles. The molecule has 1 saturated heterocycles. The Labute approximate surface area is 118 Å². The van der Waals surface area contributed by atoms with Gasteiger partial charge < -0.3 is 14.8 Å². The van der Waals surface area contributed by atoms with Crippen LogP contribution < -0.4 is 19.5 Å². The van der Waals surface area contributed by atoms with Gasteiger partial charge in [-0.2, -0.15) is 0 Å². The number of benzene rings is 1. The van der Waals surface area contributed by atoms with Crippen molar-refractivity contribution in [2.75, 3.05) is 27.3 Å². The van der Waals surface area contributed by atoms with Crippen LogP contribution in [0, 0.1) is 11.8 Å². The van der Waals surface area contributed by atoms with Crippen molar-refractivity contribution in [1.82, 2.24) is 10.0 Å². The number of hydrogen-bond acceptors (Lipinski definition) is 5. The highest BCUT2D eigenvalue weighted by atomic mass is 32.2. The van der Waals surface area contributed by atoms with Crippen LogP contribution in [-0.4, -0.2) is 41.8 Å². The highest BCUT2D eigenvalue weighted by Crippen LogP contribution is 2.42. The topological polar surface area (TPSA) is 76.7 Å². The van der Waals surface area contributed by atoms with Gasteiger partial charge in [0.2, 0.25) is 10.0 Å². The summed E-state index contributed by atoms with van der Waals surface area (Å²) in [5.41, 5.74) is 0. The van der Waals surface area contributed by atoms with Crippen LogP contribution in [0.5, 0.6) is 11.5 Å². The maximum atomic E-state index is 12.4. The molecule has 0 amide bonds. The Morgan fingerprint density at radius 3 is 2.40 bits per heavy atom. The van der Waals surface area contributed by atoms with Gasteiger partial charge in [0.1, 0.15) is 0 Å². The molecule has 0 spiro atoms. The number of fused-ring (bicyclic) bond motifs is 1. The normalized spacial score (nSPS) is 28.0. The van der Waals surface area contributed by atoms with Crippen LogP contribution in [-0.2, 0) is 10.0 Å². The molecule has 0 radical (unpaired) electrons. The third kappa shape index (κ3) is 2.25. The lowest BCUT2D eigenvalue weighted by Gasteiger charge is -2.12. The van der Waals surface area contributed by atoms with Gasteiger partial charge >= 0.3 is 0 Å². The highest BCUT2D eigenvalue weighted by Gasteiger charge is 2.54. The third-order valence-electron chi connectivity index (χ3n) is 4.05. The Hall–Kier alpha value is -1.31. The SMILES string of the molecule is COc1ccc(S(=O)(=O)NC2C3CNCC32)cc1OC. The quantitative estimate of drug-likeness (QED) is 0.812. The highest BCUT2D eigenvalue weighted by molar-refractivity contribution is 7.89. The smallest absolute Gasteiger partial charge is 0.240 e. The molecular weight excluding hydrogens is 280 g/mol. The van der Waals surface area contributed by atoms with E-state index in [0.29, 0.717) is 23.3 Å². The molecule has 1 saturated carbocycles. The van der Waals surface area contributed by atoms with Crippen molar-refractivity contribution >= 4 is 10.0 Å². The lowest BCUT2D eigenvalue weighted by molar-refractivity contribution is 0.354. The Morgan fingerprint density at radius 1 is 1.15 bits per heavy atom. The minimum absolute atomic E-state index is 0.0642. The van der Waals surface area contributed by atoms with Gasteiger partial charge in [-0.25, -0.2) is 13.1 Å².